The van der Waals surface area contributed by atoms with E-state index >= 15 is 0 Å². The Hall–Kier alpha value is -1.65. The number of hydrogen-bond acceptors (Lipinski definition) is 3. The van der Waals surface area contributed by atoms with Gasteiger partial charge in [-0.3, -0.25) is 0 Å². The monoisotopic (exact) mass is 268 g/mol. The third-order valence-corrected chi connectivity index (χ3v) is 5.38. The quantitative estimate of drug-likeness (QED) is 0.858. The number of rotatable bonds is 1. The van der Waals surface area contributed by atoms with E-state index in [1.165, 1.54) is 16.8 Å². The van der Waals surface area contributed by atoms with Gasteiger partial charge in [-0.05, 0) is 12.0 Å². The van der Waals surface area contributed by atoms with Crippen molar-refractivity contribution in [1.29, 1.82) is 0 Å². The maximum absolute atomic E-state index is 10.4. The van der Waals surface area contributed by atoms with Crippen LogP contribution in [0.2, 0.25) is 0 Å². The first-order valence-corrected chi connectivity index (χ1v) is 7.17. The zero-order valence-corrected chi connectivity index (χ0v) is 11.1. The third-order valence-electron chi connectivity index (χ3n) is 5.38. The maximum atomic E-state index is 10.4. The molecule has 1 aliphatic carbocycles. The van der Waals surface area contributed by atoms with Gasteiger partial charge in [0.15, 0.2) is 0 Å². The highest BCUT2D eigenvalue weighted by atomic mass is 16.5. The number of aromatic nitrogens is 2. The molecule has 1 saturated carbocycles. The molecule has 1 aromatic carbocycles. The van der Waals surface area contributed by atoms with E-state index in [4.69, 9.17) is 4.74 Å². The number of nitrogens with zero attached hydrogens (tertiary/aromatic N) is 2. The number of aliphatic hydroxyl groups is 1. The lowest BCUT2D eigenvalue weighted by Crippen LogP contribution is -2.64. The largest absolute Gasteiger partial charge is 0.393 e. The predicted molar refractivity (Wildman–Crippen MR) is 73.2 cm³/mol. The lowest BCUT2D eigenvalue weighted by molar-refractivity contribution is -0.250. The average Bonchev–Trinajstić information content (AvgIpc) is 2.97. The van der Waals surface area contributed by atoms with Crippen LogP contribution in [0, 0.1) is 11.3 Å². The van der Waals surface area contributed by atoms with Gasteiger partial charge < -0.3 is 14.4 Å². The van der Waals surface area contributed by atoms with Gasteiger partial charge in [-0.2, -0.15) is 0 Å². The molecule has 0 amide bonds. The summed E-state index contributed by atoms with van der Waals surface area (Å²) in [4.78, 5) is 4.30. The predicted octanol–water partition coefficient (Wildman–Crippen LogP) is 1.85. The van der Waals surface area contributed by atoms with E-state index in [0.717, 1.165) is 19.6 Å². The zero-order valence-electron chi connectivity index (χ0n) is 11.1. The second-order valence-electron chi connectivity index (χ2n) is 6.37. The molecule has 1 aromatic heterocycles. The van der Waals surface area contributed by atoms with Gasteiger partial charge >= 0.3 is 0 Å². The number of aliphatic hydroxyl groups excluding tert-OH is 1. The molecular weight excluding hydrogens is 252 g/mol. The fourth-order valence-electron chi connectivity index (χ4n) is 4.39. The molecule has 2 aromatic rings. The van der Waals surface area contributed by atoms with E-state index < -0.39 is 0 Å². The third kappa shape index (κ3) is 1.13. The van der Waals surface area contributed by atoms with Crippen LogP contribution in [0.15, 0.2) is 36.8 Å². The molecule has 20 heavy (non-hydrogen) atoms. The van der Waals surface area contributed by atoms with E-state index in [1.54, 1.807) is 0 Å². The van der Waals surface area contributed by atoms with Gasteiger partial charge in [-0.1, -0.05) is 24.3 Å². The Morgan fingerprint density at radius 2 is 2.15 bits per heavy atom. The van der Waals surface area contributed by atoms with Crippen molar-refractivity contribution in [2.24, 2.45) is 11.3 Å². The number of imidazole rings is 1. The van der Waals surface area contributed by atoms with Crippen molar-refractivity contribution in [2.75, 3.05) is 13.2 Å². The summed E-state index contributed by atoms with van der Waals surface area (Å²) < 4.78 is 7.67. The van der Waals surface area contributed by atoms with Crippen LogP contribution < -0.4 is 0 Å². The Morgan fingerprint density at radius 3 is 2.90 bits per heavy atom. The van der Waals surface area contributed by atoms with Gasteiger partial charge in [-0.15, -0.1) is 0 Å². The Labute approximate surface area is 117 Å². The fraction of sp³-hybridized carbons (Fsp3) is 0.438. The van der Waals surface area contributed by atoms with Gasteiger partial charge in [0.25, 0.3) is 0 Å². The number of hydrogen-bond donors (Lipinski definition) is 1. The first-order chi connectivity index (χ1) is 9.80. The minimum Gasteiger partial charge on any atom is -0.393 e. The number of benzene rings is 1. The molecule has 3 heterocycles. The van der Waals surface area contributed by atoms with Gasteiger partial charge in [0.1, 0.15) is 0 Å². The van der Waals surface area contributed by atoms with Gasteiger partial charge in [0.05, 0.1) is 43.6 Å². The van der Waals surface area contributed by atoms with E-state index in [2.05, 4.69) is 33.8 Å². The summed E-state index contributed by atoms with van der Waals surface area (Å²) in [7, 11) is 0. The van der Waals surface area contributed by atoms with Gasteiger partial charge in [0.2, 0.25) is 0 Å². The summed E-state index contributed by atoms with van der Waals surface area (Å²) in [5.74, 6) is 0.243. The highest BCUT2D eigenvalue weighted by Gasteiger charge is 2.62. The number of fused-ring (bicyclic) bond motifs is 3. The summed E-state index contributed by atoms with van der Waals surface area (Å²) >= 11 is 0. The van der Waals surface area contributed by atoms with Gasteiger partial charge in [0, 0.05) is 16.9 Å². The van der Waals surface area contributed by atoms with Crippen LogP contribution in [0.25, 0.3) is 11.3 Å². The molecule has 2 fully saturated rings. The molecule has 3 atom stereocenters. The molecule has 0 unspecified atom stereocenters. The van der Waals surface area contributed by atoms with Crippen molar-refractivity contribution >= 4 is 0 Å². The van der Waals surface area contributed by atoms with Crippen LogP contribution in [0.4, 0.5) is 0 Å². The second-order valence-corrected chi connectivity index (χ2v) is 6.37. The van der Waals surface area contributed by atoms with Crippen LogP contribution in [0.1, 0.15) is 18.0 Å². The van der Waals surface area contributed by atoms with Crippen molar-refractivity contribution in [1.82, 2.24) is 9.55 Å². The summed E-state index contributed by atoms with van der Waals surface area (Å²) in [6.07, 6.45) is 4.47. The lowest BCUT2D eigenvalue weighted by atomic mass is 9.53. The Balaban J connectivity index is 1.68. The minimum absolute atomic E-state index is 0.184. The fourth-order valence-corrected chi connectivity index (χ4v) is 4.39. The standard InChI is InChI=1S/C16H16N2O2/c19-13-5-16(7-20-8-16)14(13)15-11-4-2-1-3-10(11)12-6-17-9-18(12)15/h1-4,6,9,13-15,19H,5,7-8H2/t13-,14-,15+/m1/s1. The van der Waals surface area contributed by atoms with Crippen LogP contribution >= 0.6 is 0 Å². The van der Waals surface area contributed by atoms with Crippen molar-refractivity contribution in [3.63, 3.8) is 0 Å². The Bertz CT molecular complexity index is 689. The molecular formula is C16H16N2O2. The van der Waals surface area contributed by atoms with E-state index in [-0.39, 0.29) is 23.5 Å². The molecule has 4 heteroatoms. The first-order valence-electron chi connectivity index (χ1n) is 7.17. The van der Waals surface area contributed by atoms with E-state index in [0.29, 0.717) is 0 Å². The molecule has 1 spiro atoms. The summed E-state index contributed by atoms with van der Waals surface area (Å²) in [6, 6.07) is 8.69. The summed E-state index contributed by atoms with van der Waals surface area (Å²) in [5.41, 5.74) is 3.92. The molecule has 102 valence electrons. The lowest BCUT2D eigenvalue weighted by Gasteiger charge is -2.60. The van der Waals surface area contributed by atoms with Crippen molar-refractivity contribution < 1.29 is 9.84 Å². The van der Waals surface area contributed by atoms with Gasteiger partial charge in [-0.25, -0.2) is 4.98 Å². The normalized spacial score (nSPS) is 32.4. The van der Waals surface area contributed by atoms with Crippen molar-refractivity contribution in [2.45, 2.75) is 18.6 Å². The van der Waals surface area contributed by atoms with Crippen LogP contribution in [0.5, 0.6) is 0 Å². The highest BCUT2D eigenvalue weighted by Crippen LogP contribution is 2.60. The molecule has 1 saturated heterocycles. The van der Waals surface area contributed by atoms with E-state index in [9.17, 15) is 5.11 Å². The highest BCUT2D eigenvalue weighted by molar-refractivity contribution is 5.69. The maximum Gasteiger partial charge on any atom is 0.0956 e. The molecule has 5 rings (SSSR count). The van der Waals surface area contributed by atoms with Crippen molar-refractivity contribution in [3.05, 3.63) is 42.4 Å². The minimum atomic E-state index is -0.231. The van der Waals surface area contributed by atoms with Crippen LogP contribution in [-0.2, 0) is 4.74 Å². The molecule has 1 N–H and O–H groups in total. The van der Waals surface area contributed by atoms with Crippen LogP contribution in [0.3, 0.4) is 0 Å². The Morgan fingerprint density at radius 1 is 1.30 bits per heavy atom. The van der Waals surface area contributed by atoms with Crippen molar-refractivity contribution in [3.8, 4) is 11.3 Å². The zero-order chi connectivity index (χ0) is 13.3. The van der Waals surface area contributed by atoms with Crippen LogP contribution in [-0.4, -0.2) is 34.0 Å². The molecule has 4 nitrogen and oxygen atoms in total. The smallest absolute Gasteiger partial charge is 0.0956 e. The topological polar surface area (TPSA) is 47.3 Å². The molecule has 0 radical (unpaired) electrons. The molecule has 3 aliphatic rings. The molecule has 0 bridgehead atoms. The summed E-state index contributed by atoms with van der Waals surface area (Å²) in [6.45, 7) is 1.58. The SMILES string of the molecule is O[C@@H]1CC2(COC2)[C@H]1[C@@H]1c2ccccc2-c2cncn21. The Kier molecular flexibility index (Phi) is 1.94. The number of ether oxygens (including phenoxy) is 1. The average molecular weight is 268 g/mol. The molecule has 2 aliphatic heterocycles. The first kappa shape index (κ1) is 11.1. The second kappa shape index (κ2) is 3.51. The summed E-state index contributed by atoms with van der Waals surface area (Å²) in [5, 5.41) is 10.4. The van der Waals surface area contributed by atoms with E-state index in [1.807, 2.05) is 12.5 Å².